The van der Waals surface area contributed by atoms with Crippen molar-refractivity contribution in [3.63, 3.8) is 0 Å². The fourth-order valence-corrected chi connectivity index (χ4v) is 1.13. The number of urea groups is 1. The van der Waals surface area contributed by atoms with Gasteiger partial charge in [0.15, 0.2) is 0 Å². The third-order valence-corrected chi connectivity index (χ3v) is 1.78. The molecule has 0 atom stereocenters. The molecule has 0 saturated carbocycles. The SMILES string of the molecule is Cc1cc(CN)ccc1NC(N)=O. The van der Waals surface area contributed by atoms with Gasteiger partial charge in [-0.2, -0.15) is 0 Å². The van der Waals surface area contributed by atoms with E-state index in [4.69, 9.17) is 11.5 Å². The van der Waals surface area contributed by atoms with Gasteiger partial charge in [-0.3, -0.25) is 0 Å². The Morgan fingerprint density at radius 3 is 2.69 bits per heavy atom. The molecule has 0 radical (unpaired) electrons. The van der Waals surface area contributed by atoms with Crippen LogP contribution in [0, 0.1) is 6.92 Å². The van der Waals surface area contributed by atoms with Crippen LogP contribution < -0.4 is 16.8 Å². The van der Waals surface area contributed by atoms with E-state index in [9.17, 15) is 4.79 Å². The summed E-state index contributed by atoms with van der Waals surface area (Å²) in [7, 11) is 0. The minimum Gasteiger partial charge on any atom is -0.351 e. The van der Waals surface area contributed by atoms with Gasteiger partial charge in [0.1, 0.15) is 0 Å². The first-order valence-electron chi connectivity index (χ1n) is 3.99. The summed E-state index contributed by atoms with van der Waals surface area (Å²) >= 11 is 0. The Morgan fingerprint density at radius 2 is 2.23 bits per heavy atom. The monoisotopic (exact) mass is 179 g/mol. The molecule has 1 rings (SSSR count). The zero-order chi connectivity index (χ0) is 9.84. The lowest BCUT2D eigenvalue weighted by atomic mass is 10.1. The Morgan fingerprint density at radius 1 is 1.54 bits per heavy atom. The van der Waals surface area contributed by atoms with Crippen LogP contribution in [-0.2, 0) is 6.54 Å². The molecule has 0 spiro atoms. The van der Waals surface area contributed by atoms with Crippen molar-refractivity contribution in [1.82, 2.24) is 0 Å². The maximum Gasteiger partial charge on any atom is 0.316 e. The number of rotatable bonds is 2. The van der Waals surface area contributed by atoms with Crippen LogP contribution in [0.4, 0.5) is 10.5 Å². The van der Waals surface area contributed by atoms with Crippen LogP contribution in [0.3, 0.4) is 0 Å². The van der Waals surface area contributed by atoms with Crippen LogP contribution in [-0.4, -0.2) is 6.03 Å². The van der Waals surface area contributed by atoms with Gasteiger partial charge in [0.05, 0.1) is 0 Å². The first-order chi connectivity index (χ1) is 6.13. The second kappa shape index (κ2) is 3.91. The molecule has 0 unspecified atom stereocenters. The number of amides is 2. The number of aryl methyl sites for hydroxylation is 1. The predicted molar refractivity (Wildman–Crippen MR) is 52.3 cm³/mol. The number of benzene rings is 1. The van der Waals surface area contributed by atoms with Crippen molar-refractivity contribution in [1.29, 1.82) is 0 Å². The van der Waals surface area contributed by atoms with Gasteiger partial charge in [-0.15, -0.1) is 0 Å². The van der Waals surface area contributed by atoms with Crippen molar-refractivity contribution in [3.05, 3.63) is 29.3 Å². The lowest BCUT2D eigenvalue weighted by Crippen LogP contribution is -2.19. The summed E-state index contributed by atoms with van der Waals surface area (Å²) in [4.78, 5) is 10.6. The number of hydrogen-bond acceptors (Lipinski definition) is 2. The summed E-state index contributed by atoms with van der Waals surface area (Å²) in [6.45, 7) is 2.39. The highest BCUT2D eigenvalue weighted by atomic mass is 16.2. The van der Waals surface area contributed by atoms with E-state index < -0.39 is 6.03 Å². The number of carbonyl (C=O) groups excluding carboxylic acids is 1. The number of nitrogens with two attached hydrogens (primary N) is 2. The van der Waals surface area contributed by atoms with E-state index in [1.807, 2.05) is 19.1 Å². The van der Waals surface area contributed by atoms with E-state index >= 15 is 0 Å². The van der Waals surface area contributed by atoms with Crippen LogP contribution >= 0.6 is 0 Å². The van der Waals surface area contributed by atoms with Crippen molar-refractivity contribution in [2.75, 3.05) is 5.32 Å². The molecule has 0 heterocycles. The Balaban J connectivity index is 2.91. The van der Waals surface area contributed by atoms with Gasteiger partial charge < -0.3 is 16.8 Å². The first kappa shape index (κ1) is 9.54. The molecule has 1 aromatic carbocycles. The molecular weight excluding hydrogens is 166 g/mol. The van der Waals surface area contributed by atoms with Gasteiger partial charge in [-0.25, -0.2) is 4.79 Å². The van der Waals surface area contributed by atoms with Crippen molar-refractivity contribution < 1.29 is 4.79 Å². The molecule has 70 valence electrons. The summed E-state index contributed by atoms with van der Waals surface area (Å²) in [5.41, 5.74) is 13.2. The Kier molecular flexibility index (Phi) is 2.87. The average molecular weight is 179 g/mol. The molecule has 0 aliphatic rings. The minimum absolute atomic E-state index is 0.498. The Hall–Kier alpha value is -1.55. The number of primary amides is 1. The highest BCUT2D eigenvalue weighted by Crippen LogP contribution is 2.15. The summed E-state index contributed by atoms with van der Waals surface area (Å²) in [5.74, 6) is 0. The fourth-order valence-electron chi connectivity index (χ4n) is 1.13. The summed E-state index contributed by atoms with van der Waals surface area (Å²) in [5, 5.41) is 2.52. The van der Waals surface area contributed by atoms with Crippen LogP contribution in [0.1, 0.15) is 11.1 Å². The maximum atomic E-state index is 10.6. The summed E-state index contributed by atoms with van der Waals surface area (Å²) in [6, 6.07) is 5.02. The molecule has 2 amide bonds. The zero-order valence-electron chi connectivity index (χ0n) is 7.50. The van der Waals surface area contributed by atoms with Crippen LogP contribution in [0.5, 0.6) is 0 Å². The first-order valence-corrected chi connectivity index (χ1v) is 3.99. The fraction of sp³-hybridized carbons (Fsp3) is 0.222. The molecule has 5 N–H and O–H groups in total. The van der Waals surface area contributed by atoms with Gasteiger partial charge >= 0.3 is 6.03 Å². The Bertz CT molecular complexity index is 323. The third kappa shape index (κ3) is 2.45. The third-order valence-electron chi connectivity index (χ3n) is 1.78. The molecule has 4 nitrogen and oxygen atoms in total. The molecule has 0 aromatic heterocycles. The largest absolute Gasteiger partial charge is 0.351 e. The number of carbonyl (C=O) groups is 1. The highest BCUT2D eigenvalue weighted by Gasteiger charge is 2.00. The number of anilines is 1. The molecule has 0 bridgehead atoms. The van der Waals surface area contributed by atoms with Crippen LogP contribution in [0.2, 0.25) is 0 Å². The van der Waals surface area contributed by atoms with E-state index in [2.05, 4.69) is 5.32 Å². The molecule has 1 aromatic rings. The maximum absolute atomic E-state index is 10.6. The molecule has 0 aliphatic heterocycles. The van der Waals surface area contributed by atoms with E-state index in [0.29, 0.717) is 6.54 Å². The van der Waals surface area contributed by atoms with Crippen molar-refractivity contribution >= 4 is 11.7 Å². The molecule has 0 aliphatic carbocycles. The highest BCUT2D eigenvalue weighted by molar-refractivity contribution is 5.88. The second-order valence-electron chi connectivity index (χ2n) is 2.84. The molecule has 0 saturated heterocycles. The Labute approximate surface area is 76.9 Å². The zero-order valence-corrected chi connectivity index (χ0v) is 7.50. The number of hydrogen-bond donors (Lipinski definition) is 3. The van der Waals surface area contributed by atoms with Gasteiger partial charge in [0.2, 0.25) is 0 Å². The molecule has 13 heavy (non-hydrogen) atoms. The smallest absolute Gasteiger partial charge is 0.316 e. The van der Waals surface area contributed by atoms with Gasteiger partial charge in [0.25, 0.3) is 0 Å². The lowest BCUT2D eigenvalue weighted by Gasteiger charge is -2.07. The van der Waals surface area contributed by atoms with E-state index in [1.54, 1.807) is 6.07 Å². The van der Waals surface area contributed by atoms with E-state index in [-0.39, 0.29) is 0 Å². The van der Waals surface area contributed by atoms with Gasteiger partial charge in [-0.1, -0.05) is 12.1 Å². The summed E-state index contributed by atoms with van der Waals surface area (Å²) in [6.07, 6.45) is 0. The van der Waals surface area contributed by atoms with Crippen molar-refractivity contribution in [2.24, 2.45) is 11.5 Å². The standard InChI is InChI=1S/C9H13N3O/c1-6-4-7(5-10)2-3-8(6)12-9(11)13/h2-4H,5,10H2,1H3,(H3,11,12,13). The van der Waals surface area contributed by atoms with Crippen molar-refractivity contribution in [2.45, 2.75) is 13.5 Å². The van der Waals surface area contributed by atoms with Gasteiger partial charge in [0, 0.05) is 12.2 Å². The number of nitrogens with one attached hydrogen (secondary N) is 1. The van der Waals surface area contributed by atoms with Gasteiger partial charge in [-0.05, 0) is 24.1 Å². The topological polar surface area (TPSA) is 81.1 Å². The second-order valence-corrected chi connectivity index (χ2v) is 2.84. The molecule has 4 heteroatoms. The van der Waals surface area contributed by atoms with E-state index in [0.717, 1.165) is 16.8 Å². The summed E-state index contributed by atoms with van der Waals surface area (Å²) < 4.78 is 0. The molecule has 0 fully saturated rings. The molecular formula is C9H13N3O. The normalized spacial score (nSPS) is 9.69. The van der Waals surface area contributed by atoms with Crippen molar-refractivity contribution in [3.8, 4) is 0 Å². The predicted octanol–water partition coefficient (Wildman–Crippen LogP) is 0.944. The minimum atomic E-state index is -0.552. The van der Waals surface area contributed by atoms with Crippen LogP contribution in [0.15, 0.2) is 18.2 Å². The van der Waals surface area contributed by atoms with Crippen LogP contribution in [0.25, 0.3) is 0 Å². The average Bonchev–Trinajstić information content (AvgIpc) is 2.08. The van der Waals surface area contributed by atoms with E-state index in [1.165, 1.54) is 0 Å². The lowest BCUT2D eigenvalue weighted by molar-refractivity contribution is 0.259. The quantitative estimate of drug-likeness (QED) is 0.631.